The molecular formula is C52H101ClN12O17S6Si3. The molecule has 0 amide bonds. The maximum absolute atomic E-state index is 13.1. The maximum Gasteiger partial charge on any atom is 0.306 e. The molecule has 3 aromatic rings. The molecule has 1 saturated carbocycles. The van der Waals surface area contributed by atoms with Crippen molar-refractivity contribution in [3.8, 4) is 0 Å². The van der Waals surface area contributed by atoms with E-state index >= 15 is 0 Å². The maximum atomic E-state index is 13.1. The van der Waals surface area contributed by atoms with Crippen molar-refractivity contribution in [1.82, 2.24) is 58.4 Å². The summed E-state index contributed by atoms with van der Waals surface area (Å²) < 4.78 is 174. The van der Waals surface area contributed by atoms with Crippen molar-refractivity contribution in [2.45, 2.75) is 207 Å². The van der Waals surface area contributed by atoms with Gasteiger partial charge < -0.3 is 28.7 Å². The molecule has 29 nitrogen and oxygen atoms in total. The zero-order chi connectivity index (χ0) is 68.9. The average molecular weight is 1480 g/mol. The number of carbonyl (C=O) groups is 1. The molecule has 1 aliphatic carbocycles. The Labute approximate surface area is 549 Å². The first-order valence-electron chi connectivity index (χ1n) is 30.7. The molecule has 3 saturated heterocycles. The molecule has 3 aromatic heterocycles. The van der Waals surface area contributed by atoms with E-state index in [2.05, 4.69) is 111 Å². The number of methoxy groups -OCH3 is 1. The summed E-state index contributed by atoms with van der Waals surface area (Å²) in [5.41, 5.74) is 0.802. The van der Waals surface area contributed by atoms with Gasteiger partial charge in [0.25, 0.3) is 34.5 Å². The van der Waals surface area contributed by atoms with Gasteiger partial charge in [0.2, 0.25) is 54.8 Å². The number of esters is 1. The molecule has 4 aliphatic rings. The summed E-state index contributed by atoms with van der Waals surface area (Å²) in [5, 5.41) is 8.51. The fourth-order valence-corrected chi connectivity index (χ4v) is 19.6. The normalized spacial score (nSPS) is 17.6. The summed E-state index contributed by atoms with van der Waals surface area (Å²) in [7, 11) is -16.9. The molecule has 39 heteroatoms. The van der Waals surface area contributed by atoms with Crippen LogP contribution in [0.25, 0.3) is 0 Å². The lowest BCUT2D eigenvalue weighted by atomic mass is 9.68. The number of hydrogen-bond acceptors (Lipinski definition) is 25. The second-order valence-corrected chi connectivity index (χ2v) is 56.9. The van der Waals surface area contributed by atoms with Gasteiger partial charge in [-0.25, -0.2) is 64.6 Å². The highest BCUT2D eigenvalue weighted by Crippen LogP contribution is 2.47. The molecule has 0 atom stereocenters. The Morgan fingerprint density at radius 1 is 0.495 bits per heavy atom. The van der Waals surface area contributed by atoms with Crippen molar-refractivity contribution in [3.63, 3.8) is 0 Å². The summed E-state index contributed by atoms with van der Waals surface area (Å²) in [5.74, 6) is -1.76. The first-order chi connectivity index (χ1) is 41.8. The van der Waals surface area contributed by atoms with Crippen LogP contribution in [0.2, 0.25) is 77.1 Å². The van der Waals surface area contributed by atoms with Crippen LogP contribution < -0.4 is 0 Å². The fraction of sp³-hybridized carbons (Fsp3) is 0.865. The molecule has 0 radical (unpaired) electrons. The van der Waals surface area contributed by atoms with Gasteiger partial charge in [-0.15, -0.1) is 15.3 Å². The highest BCUT2D eigenvalue weighted by atomic mass is 35.7. The van der Waals surface area contributed by atoms with E-state index < -0.39 is 120 Å². The van der Waals surface area contributed by atoms with E-state index in [4.69, 9.17) is 24.9 Å². The molecule has 0 N–H and O–H groups in total. The van der Waals surface area contributed by atoms with Crippen LogP contribution in [0, 0.1) is 10.8 Å². The van der Waals surface area contributed by atoms with Gasteiger partial charge in [-0.05, 0) is 95.7 Å². The van der Waals surface area contributed by atoms with Crippen LogP contribution in [0.5, 0.6) is 0 Å². The van der Waals surface area contributed by atoms with Crippen LogP contribution in [-0.4, -0.2) is 242 Å². The highest BCUT2D eigenvalue weighted by molar-refractivity contribution is 8.13. The Kier molecular flexibility index (Phi) is 29.3. The van der Waals surface area contributed by atoms with Gasteiger partial charge in [-0.3, -0.25) is 4.79 Å². The van der Waals surface area contributed by atoms with Crippen LogP contribution in [0.3, 0.4) is 0 Å². The van der Waals surface area contributed by atoms with Crippen molar-refractivity contribution in [3.05, 3.63) is 0 Å². The van der Waals surface area contributed by atoms with Crippen molar-refractivity contribution < 1.29 is 74.2 Å². The molecule has 4 fully saturated rings. The van der Waals surface area contributed by atoms with E-state index in [0.717, 1.165) is 64.2 Å². The van der Waals surface area contributed by atoms with E-state index in [-0.39, 0.29) is 54.4 Å². The Bertz CT molecular complexity index is 3580. The largest absolute Gasteiger partial charge is 0.469 e. The van der Waals surface area contributed by atoms with Gasteiger partial charge in [0.05, 0.1) is 36.5 Å². The summed E-state index contributed by atoms with van der Waals surface area (Å²) in [6.45, 7) is 31.0. The topological polar surface area (TPSA) is 361 Å². The first kappa shape index (κ1) is 80.7. The zero-order valence-corrected chi connectivity index (χ0v) is 64.6. The van der Waals surface area contributed by atoms with Crippen molar-refractivity contribution in [2.75, 3.05) is 103 Å². The Balaban J connectivity index is 0.000000273. The lowest BCUT2D eigenvalue weighted by Gasteiger charge is -2.46. The van der Waals surface area contributed by atoms with Crippen molar-refractivity contribution in [1.29, 1.82) is 0 Å². The molecule has 91 heavy (non-hydrogen) atoms. The molecule has 3 aliphatic heterocycles. The molecule has 6 heterocycles. The number of rotatable bonds is 31. The van der Waals surface area contributed by atoms with Crippen molar-refractivity contribution >= 4 is 99.3 Å². The second kappa shape index (κ2) is 33.0. The monoisotopic (exact) mass is 1480 g/mol. The Morgan fingerprint density at radius 2 is 0.846 bits per heavy atom. The van der Waals surface area contributed by atoms with Crippen LogP contribution >= 0.6 is 10.7 Å². The third-order valence-corrected chi connectivity index (χ3v) is 29.9. The number of nitrogens with zero attached hydrogens (tertiary/aromatic N) is 12. The Morgan fingerprint density at radius 3 is 1.15 bits per heavy atom. The fourth-order valence-electron chi connectivity index (χ4n) is 9.94. The van der Waals surface area contributed by atoms with Crippen LogP contribution in [0.4, 0.5) is 0 Å². The van der Waals surface area contributed by atoms with Crippen molar-refractivity contribution in [2.24, 2.45) is 10.8 Å². The average Bonchev–Trinajstić information content (AvgIpc) is 1.68. The van der Waals surface area contributed by atoms with Gasteiger partial charge in [-0.2, -0.15) is 19.3 Å². The minimum Gasteiger partial charge on any atom is -0.469 e. The minimum absolute atomic E-state index is 0.0124. The lowest BCUT2D eigenvalue weighted by Crippen LogP contribution is -2.59. The molecule has 526 valence electrons. The predicted octanol–water partition coefficient (Wildman–Crippen LogP) is 5.41. The predicted molar refractivity (Wildman–Crippen MR) is 353 cm³/mol. The molecule has 7 rings (SSSR count). The molecule has 0 bridgehead atoms. The quantitative estimate of drug-likeness (QED) is 0.0336. The summed E-state index contributed by atoms with van der Waals surface area (Å²) >= 11 is 0. The second-order valence-electron chi connectivity index (χ2n) is 27.7. The summed E-state index contributed by atoms with van der Waals surface area (Å²) in [4.78, 5) is 27.2. The third kappa shape index (κ3) is 25.0. The van der Waals surface area contributed by atoms with Crippen LogP contribution in [0.1, 0.15) is 78.6 Å². The molecule has 0 aromatic carbocycles. The summed E-state index contributed by atoms with van der Waals surface area (Å²) in [6.07, 6.45) is 7.68. The SMILES string of the molecule is CCCS(=O)(=O)c1nc(S(=O)(=O)CCC(=O)OC)nn1COCC[Si](C)(C)C.CCCS(=O)(=O)c1nc(S(=O)(=O)Cl)nn1COCC[Si](C)(C)C.CCCS(=O)(=O)c1nc(S(=O)(=O)N2CC3(CCN(C)C3)C2)nn1COCC[Si](C)(C)C.CN1CCC2(CCC2)C1. The number of ether oxygens (including phenoxy) is 4. The molecule has 2 spiro atoms. The third-order valence-electron chi connectivity index (χ3n) is 15.3. The van der Waals surface area contributed by atoms with Gasteiger partial charge in [0.1, 0.15) is 20.2 Å². The highest BCUT2D eigenvalue weighted by Gasteiger charge is 2.52. The Hall–Kier alpha value is -2.71. The van der Waals surface area contributed by atoms with Gasteiger partial charge in [0.15, 0.2) is 0 Å². The summed E-state index contributed by atoms with van der Waals surface area (Å²) in [6, 6.07) is 2.66. The number of aromatic nitrogens is 9. The van der Waals surface area contributed by atoms with Gasteiger partial charge >= 0.3 is 5.97 Å². The van der Waals surface area contributed by atoms with Gasteiger partial charge in [0, 0.05) is 86.3 Å². The standard InChI is InChI=1S/C18H35N5O5S2Si.C15H29N3O7S2Si.C11H22ClN3O5S2Si.C8H15N/c1-6-10-29(24,25)17-19-16(20-23(17)15-28-9-11-31(3,4)5)30(26,27)22-13-18(14-22)7-8-21(2)12-18;1-6-9-27(22,23)15-16-14(26(20,21)10-7-13(19)24-2)17-18(15)12-25-8-11-28(3,4)5;1-5-7-21(16,17)11-13-10(22(12,18)19)14-15(11)9-20-6-8-23(2,3)4;1-9-6-5-8(7-9)3-2-4-8/h6-15H2,1-5H3;6-12H2,1-5H3;5-9H2,1-4H3;2-7H2,1H3. The number of likely N-dealkylation sites (tertiary alicyclic amines) is 2. The first-order valence-corrected chi connectivity index (χ1v) is 52.1. The van der Waals surface area contributed by atoms with Crippen LogP contribution in [0.15, 0.2) is 30.9 Å². The molecular weight excluding hydrogens is 1380 g/mol. The van der Waals surface area contributed by atoms with E-state index in [1.54, 1.807) is 20.8 Å². The smallest absolute Gasteiger partial charge is 0.306 e. The van der Waals surface area contributed by atoms with Gasteiger partial charge in [-0.1, -0.05) is 86.1 Å². The number of sulfonamides is 1. The molecule has 0 unspecified atom stereocenters. The zero-order valence-electron chi connectivity index (χ0n) is 55.9. The lowest BCUT2D eigenvalue weighted by molar-refractivity contribution is -0.140. The number of halogens is 1. The minimum atomic E-state index is -4.22. The van der Waals surface area contributed by atoms with Crippen LogP contribution in [-0.2, 0) is 102 Å². The van der Waals surface area contributed by atoms with E-state index in [9.17, 15) is 55.3 Å². The van der Waals surface area contributed by atoms with E-state index in [1.807, 2.05) is 7.05 Å². The van der Waals surface area contributed by atoms with E-state index in [0.29, 0.717) is 52.2 Å². The number of hydrogen-bond donors (Lipinski definition) is 0. The number of sulfone groups is 4. The van der Waals surface area contributed by atoms with E-state index in [1.165, 1.54) is 43.1 Å². The number of carbonyl (C=O) groups excluding carboxylic acids is 1.